The van der Waals surface area contributed by atoms with Gasteiger partial charge in [-0.2, -0.15) is 5.26 Å². The van der Waals surface area contributed by atoms with E-state index in [2.05, 4.69) is 10.3 Å². The van der Waals surface area contributed by atoms with Gasteiger partial charge in [-0.1, -0.05) is 6.07 Å². The third-order valence-electron chi connectivity index (χ3n) is 3.38. The average Bonchev–Trinajstić information content (AvgIpc) is 3.33. The van der Waals surface area contributed by atoms with E-state index in [1.807, 2.05) is 6.07 Å². The molecule has 2 aromatic rings. The normalized spacial score (nSPS) is 13.5. The van der Waals surface area contributed by atoms with Gasteiger partial charge in [0.15, 0.2) is 0 Å². The van der Waals surface area contributed by atoms with Crippen LogP contribution in [0.25, 0.3) is 11.1 Å². The Morgan fingerprint density at radius 2 is 2.05 bits per heavy atom. The third kappa shape index (κ3) is 2.90. The second kappa shape index (κ2) is 5.33. The van der Waals surface area contributed by atoms with Crippen LogP contribution in [0.15, 0.2) is 36.5 Å². The lowest BCUT2D eigenvalue weighted by Gasteiger charge is -2.07. The van der Waals surface area contributed by atoms with Crippen molar-refractivity contribution in [2.24, 2.45) is 5.92 Å². The summed E-state index contributed by atoms with van der Waals surface area (Å²) in [6.45, 7) is 0. The summed E-state index contributed by atoms with van der Waals surface area (Å²) in [5, 5.41) is 11.6. The molecule has 1 fully saturated rings. The third-order valence-corrected chi connectivity index (χ3v) is 3.38. The number of rotatable bonds is 3. The first-order chi connectivity index (χ1) is 10.2. The molecule has 21 heavy (non-hydrogen) atoms. The number of aromatic nitrogens is 1. The second-order valence-corrected chi connectivity index (χ2v) is 5.00. The molecule has 1 aliphatic rings. The van der Waals surface area contributed by atoms with E-state index in [9.17, 15) is 9.18 Å². The van der Waals surface area contributed by atoms with Crippen LogP contribution in [0.4, 0.5) is 10.2 Å². The summed E-state index contributed by atoms with van der Waals surface area (Å²) < 4.78 is 13.3. The van der Waals surface area contributed by atoms with Gasteiger partial charge in [-0.15, -0.1) is 0 Å². The highest BCUT2D eigenvalue weighted by Gasteiger charge is 2.29. The molecule has 5 heteroatoms. The molecule has 0 atom stereocenters. The maximum absolute atomic E-state index is 13.3. The predicted molar refractivity (Wildman–Crippen MR) is 75.7 cm³/mol. The van der Waals surface area contributed by atoms with Gasteiger partial charge in [-0.25, -0.2) is 9.37 Å². The number of pyridine rings is 1. The number of carbonyl (C=O) groups is 1. The number of nitriles is 1. The SMILES string of the molecule is N#Cc1cc(-c2ccnc(NC(=O)C3CC3)c2)ccc1F. The highest BCUT2D eigenvalue weighted by Crippen LogP contribution is 2.30. The molecule has 1 amide bonds. The first-order valence-corrected chi connectivity index (χ1v) is 6.64. The topological polar surface area (TPSA) is 65.8 Å². The zero-order valence-corrected chi connectivity index (χ0v) is 11.1. The number of nitrogens with zero attached hydrogens (tertiary/aromatic N) is 2. The van der Waals surface area contributed by atoms with Crippen LogP contribution in [0.5, 0.6) is 0 Å². The molecule has 1 N–H and O–H groups in total. The van der Waals surface area contributed by atoms with E-state index in [1.165, 1.54) is 12.1 Å². The summed E-state index contributed by atoms with van der Waals surface area (Å²) in [5.41, 5.74) is 1.47. The molecular formula is C16H12FN3O. The first kappa shape index (κ1) is 13.3. The van der Waals surface area contributed by atoms with Crippen LogP contribution in [-0.2, 0) is 4.79 Å². The molecule has 0 bridgehead atoms. The number of amides is 1. The molecule has 3 rings (SSSR count). The van der Waals surface area contributed by atoms with Gasteiger partial charge in [-0.3, -0.25) is 4.79 Å². The van der Waals surface area contributed by atoms with Gasteiger partial charge in [0.2, 0.25) is 5.91 Å². The van der Waals surface area contributed by atoms with Crippen molar-refractivity contribution in [3.8, 4) is 17.2 Å². The van der Waals surface area contributed by atoms with Crippen LogP contribution >= 0.6 is 0 Å². The molecule has 0 saturated heterocycles. The standard InChI is InChI=1S/C16H12FN3O/c17-14-4-3-11(7-13(14)9-18)12-5-6-19-15(8-12)20-16(21)10-1-2-10/h3-8,10H,1-2H2,(H,19,20,21). The first-order valence-electron chi connectivity index (χ1n) is 6.64. The molecular weight excluding hydrogens is 269 g/mol. The van der Waals surface area contributed by atoms with Crippen molar-refractivity contribution in [3.05, 3.63) is 47.9 Å². The fraction of sp³-hybridized carbons (Fsp3) is 0.188. The molecule has 0 aliphatic heterocycles. The molecule has 1 aliphatic carbocycles. The minimum Gasteiger partial charge on any atom is -0.310 e. The van der Waals surface area contributed by atoms with Crippen molar-refractivity contribution < 1.29 is 9.18 Å². The zero-order chi connectivity index (χ0) is 14.8. The Kier molecular flexibility index (Phi) is 3.36. The van der Waals surface area contributed by atoms with E-state index in [1.54, 1.807) is 24.4 Å². The quantitative estimate of drug-likeness (QED) is 0.940. The van der Waals surface area contributed by atoms with Crippen molar-refractivity contribution in [1.82, 2.24) is 4.98 Å². The van der Waals surface area contributed by atoms with Crippen LogP contribution in [0.2, 0.25) is 0 Å². The fourth-order valence-electron chi connectivity index (χ4n) is 2.04. The molecule has 1 aromatic carbocycles. The monoisotopic (exact) mass is 281 g/mol. The lowest BCUT2D eigenvalue weighted by atomic mass is 10.0. The number of halogens is 1. The Hall–Kier alpha value is -2.74. The molecule has 104 valence electrons. The van der Waals surface area contributed by atoms with E-state index in [0.717, 1.165) is 18.4 Å². The van der Waals surface area contributed by atoms with E-state index in [-0.39, 0.29) is 17.4 Å². The van der Waals surface area contributed by atoms with E-state index < -0.39 is 5.82 Å². The summed E-state index contributed by atoms with van der Waals surface area (Å²) in [7, 11) is 0. The average molecular weight is 281 g/mol. The van der Waals surface area contributed by atoms with Gasteiger partial charge in [-0.05, 0) is 48.2 Å². The molecule has 0 unspecified atom stereocenters. The summed E-state index contributed by atoms with van der Waals surface area (Å²) >= 11 is 0. The van der Waals surface area contributed by atoms with Crippen molar-refractivity contribution >= 4 is 11.7 Å². The molecule has 1 saturated carbocycles. The number of hydrogen-bond donors (Lipinski definition) is 1. The lowest BCUT2D eigenvalue weighted by molar-refractivity contribution is -0.117. The highest BCUT2D eigenvalue weighted by atomic mass is 19.1. The Morgan fingerprint density at radius 3 is 2.76 bits per heavy atom. The molecule has 4 nitrogen and oxygen atoms in total. The fourth-order valence-corrected chi connectivity index (χ4v) is 2.04. The smallest absolute Gasteiger partial charge is 0.228 e. The summed E-state index contributed by atoms with van der Waals surface area (Å²) in [6, 6.07) is 9.62. The van der Waals surface area contributed by atoms with Gasteiger partial charge >= 0.3 is 0 Å². The second-order valence-electron chi connectivity index (χ2n) is 5.00. The number of anilines is 1. The summed E-state index contributed by atoms with van der Waals surface area (Å²) in [5.74, 6) is 0.00716. The summed E-state index contributed by atoms with van der Waals surface area (Å²) in [6.07, 6.45) is 3.43. The minimum absolute atomic E-state index is 0.00659. The lowest BCUT2D eigenvalue weighted by Crippen LogP contribution is -2.14. The van der Waals surface area contributed by atoms with Gasteiger partial charge < -0.3 is 5.32 Å². The van der Waals surface area contributed by atoms with E-state index >= 15 is 0 Å². The minimum atomic E-state index is -0.544. The highest BCUT2D eigenvalue weighted by molar-refractivity contribution is 5.93. The Bertz CT molecular complexity index is 747. The number of nitrogens with one attached hydrogen (secondary N) is 1. The Balaban J connectivity index is 1.88. The largest absolute Gasteiger partial charge is 0.310 e. The van der Waals surface area contributed by atoms with Gasteiger partial charge in [0, 0.05) is 12.1 Å². The maximum atomic E-state index is 13.3. The number of benzene rings is 1. The van der Waals surface area contributed by atoms with Gasteiger partial charge in [0.25, 0.3) is 0 Å². The Labute approximate surface area is 121 Å². The van der Waals surface area contributed by atoms with Crippen molar-refractivity contribution in [1.29, 1.82) is 5.26 Å². The van der Waals surface area contributed by atoms with Crippen molar-refractivity contribution in [2.45, 2.75) is 12.8 Å². The molecule has 0 spiro atoms. The number of hydrogen-bond acceptors (Lipinski definition) is 3. The van der Waals surface area contributed by atoms with Crippen molar-refractivity contribution in [2.75, 3.05) is 5.32 Å². The van der Waals surface area contributed by atoms with Crippen molar-refractivity contribution in [3.63, 3.8) is 0 Å². The van der Waals surface area contributed by atoms with Crippen LogP contribution in [0.3, 0.4) is 0 Å². The van der Waals surface area contributed by atoms with Crippen LogP contribution < -0.4 is 5.32 Å². The van der Waals surface area contributed by atoms with E-state index in [4.69, 9.17) is 5.26 Å². The molecule has 1 aromatic heterocycles. The van der Waals surface area contributed by atoms with E-state index in [0.29, 0.717) is 11.4 Å². The zero-order valence-electron chi connectivity index (χ0n) is 11.1. The van der Waals surface area contributed by atoms with Crippen LogP contribution in [-0.4, -0.2) is 10.9 Å². The van der Waals surface area contributed by atoms with Crippen LogP contribution in [0, 0.1) is 23.1 Å². The van der Waals surface area contributed by atoms with Crippen LogP contribution in [0.1, 0.15) is 18.4 Å². The maximum Gasteiger partial charge on any atom is 0.228 e. The molecule has 0 radical (unpaired) electrons. The number of carbonyl (C=O) groups excluding carboxylic acids is 1. The molecule has 1 heterocycles. The van der Waals surface area contributed by atoms with Gasteiger partial charge in [0.1, 0.15) is 17.7 Å². The van der Waals surface area contributed by atoms with Gasteiger partial charge in [0.05, 0.1) is 5.56 Å². The predicted octanol–water partition coefficient (Wildman–Crippen LogP) is 3.11. The summed E-state index contributed by atoms with van der Waals surface area (Å²) in [4.78, 5) is 15.8. The Morgan fingerprint density at radius 1 is 1.29 bits per heavy atom.